The molecule has 1 unspecified atom stereocenters. The van der Waals surface area contributed by atoms with Crippen LogP contribution in [0.2, 0.25) is 5.02 Å². The molecule has 21 heavy (non-hydrogen) atoms. The monoisotopic (exact) mass is 312 g/mol. The summed E-state index contributed by atoms with van der Waals surface area (Å²) in [5.74, 6) is -0.197. The Labute approximate surface area is 130 Å². The zero-order valence-corrected chi connectivity index (χ0v) is 13.1. The summed E-state index contributed by atoms with van der Waals surface area (Å²) in [5.41, 5.74) is 0.0472. The second-order valence-corrected chi connectivity index (χ2v) is 6.22. The number of rotatable bonds is 5. The highest BCUT2D eigenvalue weighted by Gasteiger charge is 2.16. The SMILES string of the molecule is CC1CCCN(CCCNC(=O)c2ccc(Cl)cc2F)C1. The molecule has 1 fully saturated rings. The molecule has 1 amide bonds. The minimum Gasteiger partial charge on any atom is -0.352 e. The molecule has 1 N–H and O–H groups in total. The molecule has 1 saturated heterocycles. The maximum absolute atomic E-state index is 13.6. The molecule has 1 aliphatic rings. The number of hydrogen-bond acceptors (Lipinski definition) is 2. The van der Waals surface area contributed by atoms with Gasteiger partial charge in [0.2, 0.25) is 0 Å². The summed E-state index contributed by atoms with van der Waals surface area (Å²) in [6, 6.07) is 4.10. The molecule has 3 nitrogen and oxygen atoms in total. The first-order valence-corrected chi connectivity index (χ1v) is 7.89. The van der Waals surface area contributed by atoms with E-state index in [-0.39, 0.29) is 11.5 Å². The Hall–Kier alpha value is -1.13. The van der Waals surface area contributed by atoms with Gasteiger partial charge in [-0.15, -0.1) is 0 Å². The number of carbonyl (C=O) groups is 1. The van der Waals surface area contributed by atoms with Gasteiger partial charge in [-0.3, -0.25) is 4.79 Å². The third-order valence-electron chi connectivity index (χ3n) is 3.85. The molecule has 0 aromatic heterocycles. The van der Waals surface area contributed by atoms with E-state index in [2.05, 4.69) is 17.1 Å². The molecule has 0 spiro atoms. The average Bonchev–Trinajstić information content (AvgIpc) is 2.43. The number of likely N-dealkylation sites (tertiary alicyclic amines) is 1. The van der Waals surface area contributed by atoms with Crippen LogP contribution in [0.3, 0.4) is 0 Å². The number of piperidine rings is 1. The van der Waals surface area contributed by atoms with Crippen LogP contribution in [0.5, 0.6) is 0 Å². The van der Waals surface area contributed by atoms with Gasteiger partial charge in [0.25, 0.3) is 5.91 Å². The zero-order chi connectivity index (χ0) is 15.2. The molecule has 1 heterocycles. The molecule has 5 heteroatoms. The van der Waals surface area contributed by atoms with Crippen LogP contribution in [-0.4, -0.2) is 37.0 Å². The van der Waals surface area contributed by atoms with Crippen molar-refractivity contribution in [2.75, 3.05) is 26.2 Å². The lowest BCUT2D eigenvalue weighted by Crippen LogP contribution is -2.36. The molecule has 1 aromatic rings. The minimum atomic E-state index is -0.579. The van der Waals surface area contributed by atoms with E-state index in [9.17, 15) is 9.18 Å². The van der Waals surface area contributed by atoms with E-state index in [1.165, 1.54) is 25.0 Å². The second-order valence-electron chi connectivity index (χ2n) is 5.78. The van der Waals surface area contributed by atoms with Gasteiger partial charge in [-0.1, -0.05) is 18.5 Å². The summed E-state index contributed by atoms with van der Waals surface area (Å²) in [6.45, 7) is 6.10. The van der Waals surface area contributed by atoms with E-state index in [1.54, 1.807) is 0 Å². The van der Waals surface area contributed by atoms with Crippen LogP contribution in [0.1, 0.15) is 36.5 Å². The van der Waals surface area contributed by atoms with Crippen molar-refractivity contribution in [3.63, 3.8) is 0 Å². The van der Waals surface area contributed by atoms with Gasteiger partial charge in [0.15, 0.2) is 0 Å². The van der Waals surface area contributed by atoms with E-state index in [1.807, 2.05) is 0 Å². The van der Waals surface area contributed by atoms with Crippen molar-refractivity contribution in [3.8, 4) is 0 Å². The average molecular weight is 313 g/mol. The Morgan fingerprint density at radius 1 is 1.52 bits per heavy atom. The van der Waals surface area contributed by atoms with Crippen molar-refractivity contribution < 1.29 is 9.18 Å². The van der Waals surface area contributed by atoms with Crippen LogP contribution in [0.25, 0.3) is 0 Å². The second kappa shape index (κ2) is 7.76. The lowest BCUT2D eigenvalue weighted by atomic mass is 10.0. The van der Waals surface area contributed by atoms with Crippen molar-refractivity contribution >= 4 is 17.5 Å². The van der Waals surface area contributed by atoms with Crippen molar-refractivity contribution in [1.82, 2.24) is 10.2 Å². The van der Waals surface area contributed by atoms with Crippen LogP contribution >= 0.6 is 11.6 Å². The fourth-order valence-corrected chi connectivity index (χ4v) is 2.92. The van der Waals surface area contributed by atoms with E-state index in [0.717, 1.165) is 38.0 Å². The summed E-state index contributed by atoms with van der Waals surface area (Å²) >= 11 is 5.67. The molecule has 1 aromatic carbocycles. The Morgan fingerprint density at radius 2 is 2.33 bits per heavy atom. The van der Waals surface area contributed by atoms with Gasteiger partial charge in [0.05, 0.1) is 5.56 Å². The predicted molar refractivity (Wildman–Crippen MR) is 83.2 cm³/mol. The first-order chi connectivity index (χ1) is 10.1. The van der Waals surface area contributed by atoms with Crippen molar-refractivity contribution in [2.24, 2.45) is 5.92 Å². The number of halogens is 2. The highest BCUT2D eigenvalue weighted by atomic mass is 35.5. The molecule has 2 rings (SSSR count). The standard InChI is InChI=1S/C16H22ClFN2O/c1-12-4-2-8-20(11-12)9-3-7-19-16(21)14-6-5-13(17)10-15(14)18/h5-6,10,12H,2-4,7-9,11H2,1H3,(H,19,21). The normalized spacial score (nSPS) is 19.5. The summed E-state index contributed by atoms with van der Waals surface area (Å²) in [7, 11) is 0. The highest BCUT2D eigenvalue weighted by Crippen LogP contribution is 2.16. The van der Waals surface area contributed by atoms with Crippen molar-refractivity contribution in [3.05, 3.63) is 34.6 Å². The fraction of sp³-hybridized carbons (Fsp3) is 0.562. The fourth-order valence-electron chi connectivity index (χ4n) is 2.76. The topological polar surface area (TPSA) is 32.3 Å². The van der Waals surface area contributed by atoms with Crippen molar-refractivity contribution in [1.29, 1.82) is 0 Å². The molecule has 0 radical (unpaired) electrons. The maximum Gasteiger partial charge on any atom is 0.254 e. The number of nitrogens with zero attached hydrogens (tertiary/aromatic N) is 1. The molecule has 0 saturated carbocycles. The van der Waals surface area contributed by atoms with Crippen LogP contribution < -0.4 is 5.32 Å². The van der Waals surface area contributed by atoms with E-state index in [4.69, 9.17) is 11.6 Å². The third-order valence-corrected chi connectivity index (χ3v) is 4.09. The van der Waals surface area contributed by atoms with E-state index >= 15 is 0 Å². The molecule has 0 aliphatic carbocycles. The first-order valence-electron chi connectivity index (χ1n) is 7.52. The molecule has 1 atom stereocenters. The number of amides is 1. The summed E-state index contributed by atoms with van der Waals surface area (Å²) < 4.78 is 13.6. The molecular formula is C16H22ClFN2O. The van der Waals surface area contributed by atoms with Gasteiger partial charge in [-0.05, 0) is 56.5 Å². The van der Waals surface area contributed by atoms with Gasteiger partial charge in [0, 0.05) is 18.1 Å². The lowest BCUT2D eigenvalue weighted by molar-refractivity contribution is 0.0946. The third kappa shape index (κ3) is 4.97. The molecule has 0 bridgehead atoms. The van der Waals surface area contributed by atoms with Gasteiger partial charge in [0.1, 0.15) is 5.82 Å². The van der Waals surface area contributed by atoms with Crippen LogP contribution in [0.4, 0.5) is 4.39 Å². The lowest BCUT2D eigenvalue weighted by Gasteiger charge is -2.30. The largest absolute Gasteiger partial charge is 0.352 e. The predicted octanol–water partition coefficient (Wildman–Crippen LogP) is 3.33. The smallest absolute Gasteiger partial charge is 0.254 e. The molecular weight excluding hydrogens is 291 g/mol. The Bertz CT molecular complexity index is 495. The Balaban J connectivity index is 1.72. The number of nitrogens with one attached hydrogen (secondary N) is 1. The van der Waals surface area contributed by atoms with E-state index < -0.39 is 5.82 Å². The highest BCUT2D eigenvalue weighted by molar-refractivity contribution is 6.30. The summed E-state index contributed by atoms with van der Waals surface area (Å²) in [5, 5.41) is 3.06. The van der Waals surface area contributed by atoms with E-state index in [0.29, 0.717) is 11.6 Å². The summed E-state index contributed by atoms with van der Waals surface area (Å²) in [6.07, 6.45) is 3.44. The molecule has 116 valence electrons. The Morgan fingerprint density at radius 3 is 3.05 bits per heavy atom. The minimum absolute atomic E-state index is 0.0472. The zero-order valence-electron chi connectivity index (χ0n) is 12.4. The summed E-state index contributed by atoms with van der Waals surface area (Å²) in [4.78, 5) is 14.3. The Kier molecular flexibility index (Phi) is 6.00. The van der Waals surface area contributed by atoms with Gasteiger partial charge < -0.3 is 10.2 Å². The van der Waals surface area contributed by atoms with Crippen LogP contribution in [-0.2, 0) is 0 Å². The van der Waals surface area contributed by atoms with Crippen molar-refractivity contribution in [2.45, 2.75) is 26.2 Å². The quantitative estimate of drug-likeness (QED) is 0.846. The van der Waals surface area contributed by atoms with Gasteiger partial charge in [-0.2, -0.15) is 0 Å². The first kappa shape index (κ1) is 16.2. The number of carbonyl (C=O) groups excluding carboxylic acids is 1. The molecule has 1 aliphatic heterocycles. The van der Waals surface area contributed by atoms with Crippen LogP contribution in [0, 0.1) is 11.7 Å². The number of hydrogen-bond donors (Lipinski definition) is 1. The maximum atomic E-state index is 13.6. The van der Waals surface area contributed by atoms with Gasteiger partial charge >= 0.3 is 0 Å². The number of benzene rings is 1. The van der Waals surface area contributed by atoms with Gasteiger partial charge in [-0.25, -0.2) is 4.39 Å². The van der Waals surface area contributed by atoms with Crippen LogP contribution in [0.15, 0.2) is 18.2 Å².